The average Bonchev–Trinajstić information content (AvgIpc) is 3.03. The number of benzene rings is 1. The number of rotatable bonds is 6. The molecule has 24 heavy (non-hydrogen) atoms. The molecule has 1 atom stereocenters. The molecule has 0 bridgehead atoms. The molecule has 10 heteroatoms. The Hall–Kier alpha value is -1.80. The Labute approximate surface area is 152 Å². The third-order valence-corrected chi connectivity index (χ3v) is 3.64. The van der Waals surface area contributed by atoms with Gasteiger partial charge in [-0.25, -0.2) is 0 Å². The zero-order valence-electron chi connectivity index (χ0n) is 12.0. The van der Waals surface area contributed by atoms with Crippen LogP contribution in [0.15, 0.2) is 47.1 Å². The molecule has 0 saturated carbocycles. The molecule has 2 aromatic rings. The maximum Gasteiger partial charge on any atom is 0.270 e. The summed E-state index contributed by atoms with van der Waals surface area (Å²) in [7, 11) is 0. The molecule has 0 saturated heterocycles. The van der Waals surface area contributed by atoms with Gasteiger partial charge in [0, 0.05) is 17.7 Å². The summed E-state index contributed by atoms with van der Waals surface area (Å²) in [6.45, 7) is 0.209. The van der Waals surface area contributed by atoms with Crippen LogP contribution in [0.1, 0.15) is 16.1 Å². The van der Waals surface area contributed by atoms with Gasteiger partial charge in [-0.2, -0.15) is 0 Å². The number of hydrogen-bond acceptors (Lipinski definition) is 5. The maximum absolute atomic E-state index is 12.3. The van der Waals surface area contributed by atoms with E-state index in [-0.39, 0.29) is 17.8 Å². The van der Waals surface area contributed by atoms with E-state index in [1.807, 2.05) is 0 Å². The number of furan rings is 1. The van der Waals surface area contributed by atoms with Gasteiger partial charge in [0.1, 0.15) is 11.9 Å². The van der Waals surface area contributed by atoms with Gasteiger partial charge in [0.25, 0.3) is 11.6 Å². The van der Waals surface area contributed by atoms with Crippen molar-refractivity contribution < 1.29 is 14.1 Å². The van der Waals surface area contributed by atoms with Gasteiger partial charge in [-0.3, -0.25) is 20.2 Å². The molecule has 1 amide bonds. The molecule has 0 fully saturated rings. The number of amides is 1. The van der Waals surface area contributed by atoms with Crippen LogP contribution in [0.4, 0.5) is 5.69 Å². The third kappa shape index (κ3) is 5.10. The van der Waals surface area contributed by atoms with Crippen LogP contribution in [0.5, 0.6) is 0 Å². The summed E-state index contributed by atoms with van der Waals surface area (Å²) < 4.78 is 3.30. The molecule has 1 aromatic heterocycles. The summed E-state index contributed by atoms with van der Waals surface area (Å²) in [5.41, 5.74) is -0.139. The van der Waals surface area contributed by atoms with Crippen LogP contribution in [0.3, 0.4) is 0 Å². The minimum absolute atomic E-state index is 0.0725. The van der Waals surface area contributed by atoms with E-state index in [1.54, 1.807) is 12.1 Å². The number of nitrogens with one attached hydrogen (secondary N) is 2. The first-order valence-corrected chi connectivity index (χ1v) is 7.78. The summed E-state index contributed by atoms with van der Waals surface area (Å²) in [5, 5.41) is 16.1. The Morgan fingerprint density at radius 2 is 2.04 bits per heavy atom. The van der Waals surface area contributed by atoms with E-state index in [1.165, 1.54) is 24.5 Å². The molecule has 2 N–H and O–H groups in total. The lowest BCUT2D eigenvalue weighted by Gasteiger charge is -2.26. The number of alkyl halides is 3. The highest BCUT2D eigenvalue weighted by Crippen LogP contribution is 2.29. The van der Waals surface area contributed by atoms with Gasteiger partial charge in [-0.1, -0.05) is 40.9 Å². The molecule has 1 heterocycles. The number of halogens is 3. The summed E-state index contributed by atoms with van der Waals surface area (Å²) in [6, 6.07) is 8.64. The van der Waals surface area contributed by atoms with Gasteiger partial charge >= 0.3 is 0 Å². The normalized spacial score (nSPS) is 12.6. The first kappa shape index (κ1) is 18.5. The lowest BCUT2D eigenvalue weighted by atomic mass is 10.2. The van der Waals surface area contributed by atoms with Gasteiger partial charge in [0.05, 0.1) is 17.7 Å². The number of nitro groups is 1. The molecule has 7 nitrogen and oxygen atoms in total. The van der Waals surface area contributed by atoms with Crippen molar-refractivity contribution in [2.24, 2.45) is 0 Å². The molecule has 0 spiro atoms. The van der Waals surface area contributed by atoms with Crippen molar-refractivity contribution in [1.82, 2.24) is 10.6 Å². The fraction of sp³-hybridized carbons (Fsp3) is 0.214. The fourth-order valence-corrected chi connectivity index (χ4v) is 2.23. The molecule has 0 aliphatic carbocycles. The smallest absolute Gasteiger partial charge is 0.270 e. The highest BCUT2D eigenvalue weighted by Gasteiger charge is 2.34. The summed E-state index contributed by atoms with van der Waals surface area (Å²) in [4.78, 5) is 22.4. The Balaban J connectivity index is 2.09. The summed E-state index contributed by atoms with van der Waals surface area (Å²) in [5.74, 6) is -0.0409. The molecule has 0 radical (unpaired) electrons. The summed E-state index contributed by atoms with van der Waals surface area (Å²) in [6.07, 6.45) is 0.447. The quantitative estimate of drug-likeness (QED) is 0.340. The van der Waals surface area contributed by atoms with Crippen LogP contribution in [0.2, 0.25) is 0 Å². The van der Waals surface area contributed by atoms with Gasteiger partial charge in [-0.15, -0.1) is 0 Å². The van der Waals surface area contributed by atoms with Crippen LogP contribution in [0, 0.1) is 10.1 Å². The van der Waals surface area contributed by atoms with Crippen LogP contribution < -0.4 is 10.6 Å². The number of hydrogen-bond donors (Lipinski definition) is 2. The van der Waals surface area contributed by atoms with Crippen LogP contribution in [-0.4, -0.2) is 20.8 Å². The van der Waals surface area contributed by atoms with E-state index in [9.17, 15) is 14.9 Å². The maximum atomic E-state index is 12.3. The molecule has 2 rings (SSSR count). The van der Waals surface area contributed by atoms with Gasteiger partial charge < -0.3 is 9.73 Å². The first-order valence-electron chi connectivity index (χ1n) is 6.65. The van der Waals surface area contributed by atoms with Crippen molar-refractivity contribution in [1.29, 1.82) is 0 Å². The van der Waals surface area contributed by atoms with Gasteiger partial charge in [0.15, 0.2) is 0 Å². The Morgan fingerprint density at radius 3 is 2.62 bits per heavy atom. The minimum atomic E-state index is -1.84. The molecule has 0 aliphatic heterocycles. The number of carbonyl (C=O) groups is 1. The van der Waals surface area contributed by atoms with Crippen LogP contribution in [0.25, 0.3) is 0 Å². The number of non-ortho nitro benzene ring substituents is 1. The number of nitrogens with zero attached hydrogens (tertiary/aromatic N) is 1. The lowest BCUT2D eigenvalue weighted by Crippen LogP contribution is -2.53. The second-order valence-electron chi connectivity index (χ2n) is 4.72. The van der Waals surface area contributed by atoms with Crippen LogP contribution >= 0.6 is 34.8 Å². The first-order chi connectivity index (χ1) is 11.3. The molecule has 1 aromatic carbocycles. The number of nitro benzene ring substituents is 1. The SMILES string of the molecule is O=C(N[C@@H](NCc1ccco1)C(Cl)(Cl)Cl)c1cccc([N+](=O)[O-])c1. The van der Waals surface area contributed by atoms with E-state index in [0.29, 0.717) is 5.76 Å². The number of carbonyl (C=O) groups excluding carboxylic acids is 1. The molecule has 128 valence electrons. The topological polar surface area (TPSA) is 97.4 Å². The lowest BCUT2D eigenvalue weighted by molar-refractivity contribution is -0.384. The Kier molecular flexibility index (Phi) is 6.06. The van der Waals surface area contributed by atoms with Crippen molar-refractivity contribution in [3.8, 4) is 0 Å². The predicted octanol–water partition coefficient (Wildman–Crippen LogP) is 3.40. The molecular formula is C14H12Cl3N3O4. The monoisotopic (exact) mass is 391 g/mol. The van der Waals surface area contributed by atoms with Gasteiger partial charge in [0.2, 0.25) is 3.79 Å². The zero-order valence-corrected chi connectivity index (χ0v) is 14.3. The van der Waals surface area contributed by atoms with Crippen LogP contribution in [-0.2, 0) is 6.54 Å². The Bertz CT molecular complexity index is 716. The standard InChI is InChI=1S/C14H12Cl3N3O4/c15-14(16,17)13(18-8-11-5-2-6-24-11)19-12(21)9-3-1-4-10(7-9)20(22)23/h1-7,13,18H,8H2,(H,19,21)/t13-/m1/s1. The molecule has 0 unspecified atom stereocenters. The highest BCUT2D eigenvalue weighted by molar-refractivity contribution is 6.68. The van der Waals surface area contributed by atoms with E-state index in [2.05, 4.69) is 10.6 Å². The second-order valence-corrected chi connectivity index (χ2v) is 7.08. The minimum Gasteiger partial charge on any atom is -0.468 e. The van der Waals surface area contributed by atoms with E-state index < -0.39 is 20.8 Å². The second kappa shape index (κ2) is 7.85. The van der Waals surface area contributed by atoms with Crippen molar-refractivity contribution in [3.05, 3.63) is 64.1 Å². The largest absolute Gasteiger partial charge is 0.468 e. The van der Waals surface area contributed by atoms with Crippen molar-refractivity contribution in [2.75, 3.05) is 0 Å². The van der Waals surface area contributed by atoms with Crippen molar-refractivity contribution in [3.63, 3.8) is 0 Å². The van der Waals surface area contributed by atoms with E-state index in [4.69, 9.17) is 39.2 Å². The molecular weight excluding hydrogens is 381 g/mol. The van der Waals surface area contributed by atoms with E-state index >= 15 is 0 Å². The third-order valence-electron chi connectivity index (χ3n) is 2.98. The van der Waals surface area contributed by atoms with E-state index in [0.717, 1.165) is 6.07 Å². The predicted molar refractivity (Wildman–Crippen MR) is 90.2 cm³/mol. The van der Waals surface area contributed by atoms with Crippen molar-refractivity contribution >= 4 is 46.4 Å². The highest BCUT2D eigenvalue weighted by atomic mass is 35.6. The van der Waals surface area contributed by atoms with Gasteiger partial charge in [-0.05, 0) is 18.2 Å². The summed E-state index contributed by atoms with van der Waals surface area (Å²) >= 11 is 17.6. The molecule has 0 aliphatic rings. The average molecular weight is 393 g/mol. The van der Waals surface area contributed by atoms with Crippen molar-refractivity contribution in [2.45, 2.75) is 16.5 Å². The fourth-order valence-electron chi connectivity index (χ4n) is 1.84. The Morgan fingerprint density at radius 1 is 1.29 bits per heavy atom. The zero-order chi connectivity index (χ0) is 17.7.